The molecular formula is C18H23FN2O4S2. The monoisotopic (exact) mass is 414 g/mol. The maximum atomic E-state index is 13.3. The van der Waals surface area contributed by atoms with Gasteiger partial charge < -0.3 is 14.6 Å². The standard InChI is InChI=1S/C18H21FN2O4S.H2S/c1-12-7-14(3-4-16(12)19)20-18(22)17-8-15(9-21(17)2)26(23,24)11-13-5-6-25-10-13;/h3-4,7-9,13H,5-6,10-11H2,1-2H3,(H,20,22);1H2/t13-;/m0./s1. The van der Waals surface area contributed by atoms with Crippen molar-refractivity contribution >= 4 is 34.9 Å². The second-order valence-electron chi connectivity index (χ2n) is 6.60. The van der Waals surface area contributed by atoms with Crippen molar-refractivity contribution in [3.05, 3.63) is 47.5 Å². The zero-order valence-corrected chi connectivity index (χ0v) is 17.0. The highest BCUT2D eigenvalue weighted by Crippen LogP contribution is 2.22. The van der Waals surface area contributed by atoms with E-state index in [0.29, 0.717) is 24.5 Å². The van der Waals surface area contributed by atoms with Gasteiger partial charge in [-0.25, -0.2) is 12.8 Å². The quantitative estimate of drug-likeness (QED) is 0.816. The summed E-state index contributed by atoms with van der Waals surface area (Å²) in [6.45, 7) is 2.63. The molecule has 0 saturated carbocycles. The highest BCUT2D eigenvalue weighted by atomic mass is 32.2. The van der Waals surface area contributed by atoms with Crippen LogP contribution in [0.3, 0.4) is 0 Å². The second kappa shape index (κ2) is 8.45. The second-order valence-corrected chi connectivity index (χ2v) is 8.64. The van der Waals surface area contributed by atoms with E-state index in [4.69, 9.17) is 4.74 Å². The van der Waals surface area contributed by atoms with Crippen molar-refractivity contribution in [3.8, 4) is 0 Å². The summed E-state index contributed by atoms with van der Waals surface area (Å²) in [5.74, 6) is -0.815. The van der Waals surface area contributed by atoms with E-state index in [9.17, 15) is 17.6 Å². The lowest BCUT2D eigenvalue weighted by Crippen LogP contribution is -2.16. The first-order valence-electron chi connectivity index (χ1n) is 8.30. The lowest BCUT2D eigenvalue weighted by atomic mass is 10.2. The molecular weight excluding hydrogens is 391 g/mol. The van der Waals surface area contributed by atoms with Gasteiger partial charge in [-0.2, -0.15) is 13.5 Å². The maximum absolute atomic E-state index is 13.3. The summed E-state index contributed by atoms with van der Waals surface area (Å²) in [4.78, 5) is 12.6. The molecule has 1 atom stereocenters. The van der Waals surface area contributed by atoms with E-state index in [1.54, 1.807) is 14.0 Å². The Balaban J connectivity index is 0.00000261. The van der Waals surface area contributed by atoms with Crippen molar-refractivity contribution in [2.45, 2.75) is 18.2 Å². The van der Waals surface area contributed by atoms with E-state index in [2.05, 4.69) is 5.32 Å². The molecule has 9 heteroatoms. The number of nitrogens with zero attached hydrogens (tertiary/aromatic N) is 1. The third-order valence-corrected chi connectivity index (χ3v) is 6.32. The molecule has 6 nitrogen and oxygen atoms in total. The first-order valence-corrected chi connectivity index (χ1v) is 9.96. The molecule has 1 aromatic carbocycles. The number of nitrogens with one attached hydrogen (secondary N) is 1. The van der Waals surface area contributed by atoms with Gasteiger partial charge in [0.25, 0.3) is 5.91 Å². The number of rotatable bonds is 5. The number of halogens is 1. The van der Waals surface area contributed by atoms with Crippen molar-refractivity contribution in [2.24, 2.45) is 13.0 Å². The summed E-state index contributed by atoms with van der Waals surface area (Å²) in [7, 11) is -1.88. The van der Waals surface area contributed by atoms with Crippen molar-refractivity contribution in [1.29, 1.82) is 0 Å². The molecule has 1 fully saturated rings. The minimum Gasteiger partial charge on any atom is -0.381 e. The zero-order chi connectivity index (χ0) is 18.9. The molecule has 0 unspecified atom stereocenters. The lowest BCUT2D eigenvalue weighted by Gasteiger charge is -2.07. The van der Waals surface area contributed by atoms with E-state index < -0.39 is 15.7 Å². The summed E-state index contributed by atoms with van der Waals surface area (Å²) in [6.07, 6.45) is 2.17. The smallest absolute Gasteiger partial charge is 0.272 e. The van der Waals surface area contributed by atoms with Gasteiger partial charge in [0.2, 0.25) is 0 Å². The molecule has 1 N–H and O–H groups in total. The number of sulfone groups is 1. The van der Waals surface area contributed by atoms with E-state index >= 15 is 0 Å². The first kappa shape index (κ1) is 21.5. The Bertz CT molecular complexity index is 935. The fourth-order valence-corrected chi connectivity index (χ4v) is 4.65. The van der Waals surface area contributed by atoms with Crippen molar-refractivity contribution in [3.63, 3.8) is 0 Å². The molecule has 148 valence electrons. The molecule has 3 rings (SSSR count). The van der Waals surface area contributed by atoms with Crippen LogP contribution in [0.4, 0.5) is 10.1 Å². The average molecular weight is 415 g/mol. The lowest BCUT2D eigenvalue weighted by molar-refractivity contribution is 0.101. The molecule has 1 amide bonds. The number of amides is 1. The molecule has 27 heavy (non-hydrogen) atoms. The molecule has 2 heterocycles. The highest BCUT2D eigenvalue weighted by Gasteiger charge is 2.27. The normalized spacial score (nSPS) is 16.8. The number of benzene rings is 1. The third kappa shape index (κ3) is 4.91. The van der Waals surface area contributed by atoms with Crippen LogP contribution in [0.2, 0.25) is 0 Å². The zero-order valence-electron chi connectivity index (χ0n) is 15.2. The van der Waals surface area contributed by atoms with Crippen LogP contribution in [0.5, 0.6) is 0 Å². The number of anilines is 1. The predicted octanol–water partition coefficient (Wildman–Crippen LogP) is 2.65. The Labute approximate surface area is 165 Å². The van der Waals surface area contributed by atoms with E-state index in [-0.39, 0.29) is 41.6 Å². The Hall–Kier alpha value is -1.84. The molecule has 2 aromatic rings. The van der Waals surface area contributed by atoms with Gasteiger partial charge in [0.05, 0.1) is 17.3 Å². The number of carbonyl (C=O) groups is 1. The van der Waals surface area contributed by atoms with Crippen LogP contribution < -0.4 is 5.32 Å². The molecule has 0 radical (unpaired) electrons. The van der Waals surface area contributed by atoms with Gasteiger partial charge in [-0.1, -0.05) is 0 Å². The van der Waals surface area contributed by atoms with Crippen molar-refractivity contribution < 1.29 is 22.3 Å². The van der Waals surface area contributed by atoms with Crippen LogP contribution in [0.15, 0.2) is 35.4 Å². The Kier molecular flexibility index (Phi) is 6.72. The maximum Gasteiger partial charge on any atom is 0.272 e. The predicted molar refractivity (Wildman–Crippen MR) is 106 cm³/mol. The average Bonchev–Trinajstić information content (AvgIpc) is 3.20. The fraction of sp³-hybridized carbons (Fsp3) is 0.389. The molecule has 1 aromatic heterocycles. The van der Waals surface area contributed by atoms with Gasteiger partial charge in [0.15, 0.2) is 9.84 Å². The number of hydrogen-bond donors (Lipinski definition) is 1. The largest absolute Gasteiger partial charge is 0.381 e. The van der Waals surface area contributed by atoms with E-state index in [1.165, 1.54) is 35.0 Å². The topological polar surface area (TPSA) is 77.4 Å². The van der Waals surface area contributed by atoms with Crippen molar-refractivity contribution in [1.82, 2.24) is 4.57 Å². The van der Waals surface area contributed by atoms with E-state index in [1.807, 2.05) is 0 Å². The number of ether oxygens (including phenoxy) is 1. The number of carbonyl (C=O) groups excluding carboxylic acids is 1. The van der Waals surface area contributed by atoms with Gasteiger partial charge >= 0.3 is 0 Å². The Morgan fingerprint density at radius 3 is 2.74 bits per heavy atom. The number of hydrogen-bond acceptors (Lipinski definition) is 4. The van der Waals surface area contributed by atoms with Crippen LogP contribution in [0.25, 0.3) is 0 Å². The van der Waals surface area contributed by atoms with Gasteiger partial charge in [0, 0.05) is 25.5 Å². The summed E-state index contributed by atoms with van der Waals surface area (Å²) >= 11 is 0. The molecule has 1 aliphatic rings. The van der Waals surface area contributed by atoms with Gasteiger partial charge in [0.1, 0.15) is 11.5 Å². The van der Waals surface area contributed by atoms with Gasteiger partial charge in [-0.3, -0.25) is 4.79 Å². The van der Waals surface area contributed by atoms with Gasteiger partial charge in [-0.15, -0.1) is 0 Å². The Morgan fingerprint density at radius 2 is 2.11 bits per heavy atom. The van der Waals surface area contributed by atoms with Crippen molar-refractivity contribution in [2.75, 3.05) is 24.3 Å². The van der Waals surface area contributed by atoms with Crippen LogP contribution in [0, 0.1) is 18.7 Å². The summed E-state index contributed by atoms with van der Waals surface area (Å²) in [5.41, 5.74) is 1.08. The molecule has 1 aliphatic heterocycles. The summed E-state index contributed by atoms with van der Waals surface area (Å²) in [5, 5.41) is 2.66. The molecule has 0 spiro atoms. The summed E-state index contributed by atoms with van der Waals surface area (Å²) < 4.78 is 45.2. The SMILES string of the molecule is Cc1cc(NC(=O)c2cc(S(=O)(=O)C[C@H]3CCOC3)cn2C)ccc1F.S. The number of aryl methyl sites for hydroxylation is 2. The molecule has 1 saturated heterocycles. The summed E-state index contributed by atoms with van der Waals surface area (Å²) in [6, 6.07) is 5.63. The molecule has 0 aliphatic carbocycles. The van der Waals surface area contributed by atoms with E-state index in [0.717, 1.165) is 6.42 Å². The fourth-order valence-electron chi connectivity index (χ4n) is 2.97. The van der Waals surface area contributed by atoms with Crippen LogP contribution in [0.1, 0.15) is 22.5 Å². The first-order chi connectivity index (χ1) is 12.3. The number of aromatic nitrogens is 1. The van der Waals surface area contributed by atoms with Crippen LogP contribution >= 0.6 is 13.5 Å². The molecule has 0 bridgehead atoms. The third-order valence-electron chi connectivity index (χ3n) is 4.47. The van der Waals surface area contributed by atoms with Crippen LogP contribution in [-0.2, 0) is 21.6 Å². The minimum atomic E-state index is -3.49. The van der Waals surface area contributed by atoms with Crippen LogP contribution in [-0.4, -0.2) is 37.9 Å². The van der Waals surface area contributed by atoms with Gasteiger partial charge in [-0.05, 0) is 49.1 Å². The highest BCUT2D eigenvalue weighted by molar-refractivity contribution is 7.91. The Morgan fingerprint density at radius 1 is 1.37 bits per heavy atom. The minimum absolute atomic E-state index is 0.